The fraction of sp³-hybridized carbons (Fsp3) is 0.316. The third-order valence-corrected chi connectivity index (χ3v) is 5.50. The number of nitrogens with one attached hydrogen (secondary N) is 1. The van der Waals surface area contributed by atoms with Gasteiger partial charge in [-0.1, -0.05) is 41.8 Å². The molecule has 0 fully saturated rings. The summed E-state index contributed by atoms with van der Waals surface area (Å²) in [6, 6.07) is 9.21. The van der Waals surface area contributed by atoms with Crippen LogP contribution >= 0.6 is 23.2 Å². The van der Waals surface area contributed by atoms with Crippen LogP contribution < -0.4 is 9.73 Å². The van der Waals surface area contributed by atoms with E-state index in [0.29, 0.717) is 34.4 Å². The number of hydrogen-bond acceptors (Lipinski definition) is 4. The Labute approximate surface area is 183 Å². The molecule has 2 aromatic rings. The third kappa shape index (κ3) is 6.02. The lowest BCUT2D eigenvalue weighted by atomic mass is 10.1. The van der Waals surface area contributed by atoms with Gasteiger partial charge in [0.25, 0.3) is 0 Å². The zero-order valence-electron chi connectivity index (χ0n) is 16.4. The van der Waals surface area contributed by atoms with Crippen molar-refractivity contribution in [1.29, 1.82) is 0 Å². The maximum Gasteiger partial charge on any atom is 0.516 e. The minimum Gasteiger partial charge on any atom is -0.275 e. The molecule has 0 bridgehead atoms. The Kier molecular flexibility index (Phi) is 7.65. The Morgan fingerprint density at radius 1 is 1.13 bits per heavy atom. The largest absolute Gasteiger partial charge is 0.516 e. The van der Waals surface area contributed by atoms with Crippen LogP contribution in [0.4, 0.5) is 24.5 Å². The van der Waals surface area contributed by atoms with Crippen molar-refractivity contribution in [3.05, 3.63) is 57.6 Å². The van der Waals surface area contributed by atoms with E-state index in [1.807, 2.05) is 6.92 Å². The van der Waals surface area contributed by atoms with Gasteiger partial charge in [0, 0.05) is 22.2 Å². The van der Waals surface area contributed by atoms with E-state index in [4.69, 9.17) is 23.2 Å². The summed E-state index contributed by atoms with van der Waals surface area (Å²) in [5, 5.41) is 6.91. The van der Waals surface area contributed by atoms with Crippen LogP contribution in [0.25, 0.3) is 0 Å². The van der Waals surface area contributed by atoms with Gasteiger partial charge < -0.3 is 0 Å². The van der Waals surface area contributed by atoms with Gasteiger partial charge in [-0.2, -0.15) is 26.7 Å². The molecule has 0 spiro atoms. The SMILES string of the molecule is CCCN(/N=C(\C)c1cc(C)ccc1NS(=O)(=O)C(F)(F)F)c1cc(Cl)cc(Cl)c1. The number of anilines is 2. The second-order valence-corrected chi connectivity index (χ2v) is 9.08. The standard InChI is InChI=1S/C19H20Cl2F3N3O2S/c1-4-7-27(16-10-14(20)9-15(21)11-16)25-13(3)17-8-12(2)5-6-18(17)26-30(28,29)19(22,23)24/h5-6,8-11,26H,4,7H2,1-3H3/b25-13+. The number of benzene rings is 2. The highest BCUT2D eigenvalue weighted by molar-refractivity contribution is 7.93. The molecule has 164 valence electrons. The Hall–Kier alpha value is -1.97. The third-order valence-electron chi connectivity index (χ3n) is 3.97. The molecule has 2 aromatic carbocycles. The summed E-state index contributed by atoms with van der Waals surface area (Å²) in [4.78, 5) is 0. The first-order valence-corrected chi connectivity index (χ1v) is 11.1. The molecule has 0 unspecified atom stereocenters. The number of aryl methyl sites for hydroxylation is 1. The van der Waals surface area contributed by atoms with Crippen molar-refractivity contribution in [3.63, 3.8) is 0 Å². The zero-order valence-corrected chi connectivity index (χ0v) is 18.7. The van der Waals surface area contributed by atoms with Gasteiger partial charge in [0.2, 0.25) is 0 Å². The summed E-state index contributed by atoms with van der Waals surface area (Å²) in [5.74, 6) is 0. The number of sulfonamides is 1. The molecular weight excluding hydrogens is 462 g/mol. The fourth-order valence-electron chi connectivity index (χ4n) is 2.62. The molecule has 0 aliphatic carbocycles. The van der Waals surface area contributed by atoms with Crippen molar-refractivity contribution < 1.29 is 21.6 Å². The first kappa shape index (κ1) is 24.3. The predicted molar refractivity (Wildman–Crippen MR) is 116 cm³/mol. The van der Waals surface area contributed by atoms with Crippen molar-refractivity contribution in [2.45, 2.75) is 32.7 Å². The van der Waals surface area contributed by atoms with Crippen molar-refractivity contribution in [1.82, 2.24) is 0 Å². The Morgan fingerprint density at radius 2 is 1.73 bits per heavy atom. The van der Waals surface area contributed by atoms with Crippen LogP contribution in [-0.2, 0) is 10.0 Å². The molecule has 0 amide bonds. The smallest absolute Gasteiger partial charge is 0.275 e. The lowest BCUT2D eigenvalue weighted by Gasteiger charge is -2.21. The Bertz CT molecular complexity index is 1040. The molecule has 0 saturated heterocycles. The maximum absolute atomic E-state index is 12.8. The summed E-state index contributed by atoms with van der Waals surface area (Å²) in [6.07, 6.45) is 0.711. The summed E-state index contributed by atoms with van der Waals surface area (Å²) in [7, 11) is -5.58. The number of halogens is 5. The monoisotopic (exact) mass is 481 g/mol. The van der Waals surface area contributed by atoms with Gasteiger partial charge in [-0.15, -0.1) is 0 Å². The van der Waals surface area contributed by atoms with Gasteiger partial charge in [0.1, 0.15) is 0 Å². The van der Waals surface area contributed by atoms with Gasteiger partial charge in [-0.05, 0) is 50.6 Å². The average molecular weight is 482 g/mol. The molecule has 30 heavy (non-hydrogen) atoms. The van der Waals surface area contributed by atoms with E-state index >= 15 is 0 Å². The minimum absolute atomic E-state index is 0.219. The molecule has 0 atom stereocenters. The molecule has 0 saturated carbocycles. The summed E-state index contributed by atoms with van der Waals surface area (Å²) in [5.41, 5.74) is -3.81. The summed E-state index contributed by atoms with van der Waals surface area (Å²) < 4.78 is 63.3. The normalized spacial score (nSPS) is 12.7. The van der Waals surface area contributed by atoms with Crippen molar-refractivity contribution >= 4 is 50.3 Å². The van der Waals surface area contributed by atoms with Crippen LogP contribution in [0.1, 0.15) is 31.4 Å². The van der Waals surface area contributed by atoms with Crippen molar-refractivity contribution in [2.24, 2.45) is 5.10 Å². The highest BCUT2D eigenvalue weighted by Crippen LogP contribution is 2.29. The van der Waals surface area contributed by atoms with Gasteiger partial charge in [0.15, 0.2) is 0 Å². The van der Waals surface area contributed by atoms with Gasteiger partial charge in [-0.25, -0.2) is 0 Å². The molecule has 0 aliphatic rings. The molecule has 0 aromatic heterocycles. The number of alkyl halides is 3. The van der Waals surface area contributed by atoms with Crippen molar-refractivity contribution in [3.8, 4) is 0 Å². The second-order valence-electron chi connectivity index (χ2n) is 6.54. The van der Waals surface area contributed by atoms with Gasteiger partial charge in [0.05, 0.1) is 17.1 Å². The molecule has 0 radical (unpaired) electrons. The lowest BCUT2D eigenvalue weighted by molar-refractivity contribution is -0.0429. The van der Waals surface area contributed by atoms with E-state index in [1.165, 1.54) is 12.1 Å². The molecule has 5 nitrogen and oxygen atoms in total. The molecule has 0 heterocycles. The van der Waals surface area contributed by atoms with Gasteiger partial charge >= 0.3 is 15.5 Å². The minimum atomic E-state index is -5.58. The average Bonchev–Trinajstić information content (AvgIpc) is 2.60. The summed E-state index contributed by atoms with van der Waals surface area (Å²) >= 11 is 12.1. The van der Waals surface area contributed by atoms with E-state index < -0.39 is 15.5 Å². The fourth-order valence-corrected chi connectivity index (χ4v) is 3.72. The van der Waals surface area contributed by atoms with E-state index in [9.17, 15) is 21.6 Å². The molecule has 0 aliphatic heterocycles. The molecule has 11 heteroatoms. The number of nitrogens with zero attached hydrogens (tertiary/aromatic N) is 2. The first-order chi connectivity index (χ1) is 13.8. The maximum atomic E-state index is 12.8. The number of rotatable bonds is 7. The van der Waals surface area contributed by atoms with Gasteiger partial charge in [-0.3, -0.25) is 9.73 Å². The van der Waals surface area contributed by atoms with Crippen molar-refractivity contribution in [2.75, 3.05) is 16.3 Å². The number of hydrogen-bond donors (Lipinski definition) is 1. The van der Waals surface area contributed by atoms with E-state index in [2.05, 4.69) is 5.10 Å². The van der Waals surface area contributed by atoms with Crippen LogP contribution in [0.5, 0.6) is 0 Å². The zero-order chi connectivity index (χ0) is 22.7. The topological polar surface area (TPSA) is 61.8 Å². The number of hydrazone groups is 1. The van der Waals surface area contributed by atoms with Crippen LogP contribution in [0.15, 0.2) is 41.5 Å². The van der Waals surface area contributed by atoms with Crippen LogP contribution in [0, 0.1) is 6.92 Å². The second kappa shape index (κ2) is 9.45. The predicted octanol–water partition coefficient (Wildman–Crippen LogP) is 6.20. The van der Waals surface area contributed by atoms with E-state index in [0.717, 1.165) is 5.56 Å². The Balaban J connectivity index is 2.53. The molecule has 1 N–H and O–H groups in total. The Morgan fingerprint density at radius 3 is 2.27 bits per heavy atom. The highest BCUT2D eigenvalue weighted by atomic mass is 35.5. The quantitative estimate of drug-likeness (QED) is 0.378. The van der Waals surface area contributed by atoms with Crippen LogP contribution in [-0.4, -0.2) is 26.2 Å². The van der Waals surface area contributed by atoms with E-state index in [-0.39, 0.29) is 11.3 Å². The lowest BCUT2D eigenvalue weighted by Crippen LogP contribution is -2.30. The highest BCUT2D eigenvalue weighted by Gasteiger charge is 2.46. The van der Waals surface area contributed by atoms with Crippen LogP contribution in [0.2, 0.25) is 10.0 Å². The van der Waals surface area contributed by atoms with Crippen LogP contribution in [0.3, 0.4) is 0 Å². The van der Waals surface area contributed by atoms with E-state index in [1.54, 1.807) is 47.8 Å². The summed E-state index contributed by atoms with van der Waals surface area (Å²) in [6.45, 7) is 5.72. The molecular formula is C19H20Cl2F3N3O2S. The first-order valence-electron chi connectivity index (χ1n) is 8.83. The molecule has 2 rings (SSSR count).